The molecule has 3 aromatic rings. The van der Waals surface area contributed by atoms with Crippen molar-refractivity contribution in [1.29, 1.82) is 0 Å². The zero-order chi connectivity index (χ0) is 26.6. The molecule has 37 heavy (non-hydrogen) atoms. The Balaban J connectivity index is 1.21. The Morgan fingerprint density at radius 3 is 2.70 bits per heavy atom. The molecule has 0 spiro atoms. The topological polar surface area (TPSA) is 80.6 Å². The zero-order valence-corrected chi connectivity index (χ0v) is 21.1. The third kappa shape index (κ3) is 6.53. The number of aryl methyl sites for hydroxylation is 1. The number of unbranched alkanes of at least 4 members (excludes halogenated alkanes) is 1. The van der Waals surface area contributed by atoms with E-state index in [1.54, 1.807) is 12.3 Å². The first kappa shape index (κ1) is 26.7. The van der Waals surface area contributed by atoms with Gasteiger partial charge in [-0.3, -0.25) is 9.69 Å². The number of hydrogen-bond acceptors (Lipinski definition) is 5. The molecule has 0 unspecified atom stereocenters. The van der Waals surface area contributed by atoms with Crippen molar-refractivity contribution in [1.82, 2.24) is 14.8 Å². The molecule has 0 bridgehead atoms. The smallest absolute Gasteiger partial charge is 0.376 e. The van der Waals surface area contributed by atoms with Gasteiger partial charge >= 0.3 is 15.6 Å². The minimum Gasteiger partial charge on any atom is -0.376 e. The highest BCUT2D eigenvalue weighted by Gasteiger charge is 2.48. The number of fused-ring (bicyclic) bond motifs is 2. The molecule has 0 atom stereocenters. The fraction of sp³-hybridized carbons (Fsp3) is 0.346. The maximum Gasteiger partial charge on any atom is 0.534 e. The van der Waals surface area contributed by atoms with Gasteiger partial charge in [0.15, 0.2) is 0 Å². The van der Waals surface area contributed by atoms with Crippen LogP contribution in [0, 0.1) is 6.92 Å². The number of alkyl halides is 3. The van der Waals surface area contributed by atoms with Crippen molar-refractivity contribution in [3.63, 3.8) is 0 Å². The first-order valence-corrected chi connectivity index (χ1v) is 13.3. The molecule has 11 heteroatoms. The molecule has 0 fully saturated rings. The molecule has 1 N–H and O–H groups in total. The predicted octanol–water partition coefficient (Wildman–Crippen LogP) is 4.60. The van der Waals surface area contributed by atoms with Gasteiger partial charge in [-0.25, -0.2) is 0 Å². The molecule has 4 rings (SSSR count). The lowest BCUT2D eigenvalue weighted by Gasteiger charge is -2.29. The zero-order valence-electron chi connectivity index (χ0n) is 20.3. The van der Waals surface area contributed by atoms with Gasteiger partial charge in [-0.1, -0.05) is 24.3 Å². The van der Waals surface area contributed by atoms with Crippen molar-refractivity contribution >= 4 is 33.1 Å². The Bertz CT molecular complexity index is 1410. The van der Waals surface area contributed by atoms with Gasteiger partial charge in [0.1, 0.15) is 5.75 Å². The van der Waals surface area contributed by atoms with Crippen molar-refractivity contribution in [2.24, 2.45) is 0 Å². The summed E-state index contributed by atoms with van der Waals surface area (Å²) in [5.41, 5.74) is -1.61. The number of para-hydroxylation sites is 1. The summed E-state index contributed by atoms with van der Waals surface area (Å²) in [6, 6.07) is 12.2. The van der Waals surface area contributed by atoms with Gasteiger partial charge in [0, 0.05) is 43.5 Å². The molecular formula is C26H28F3N3O4S. The van der Waals surface area contributed by atoms with Crippen molar-refractivity contribution in [2.45, 2.75) is 38.2 Å². The lowest BCUT2D eigenvalue weighted by Crippen LogP contribution is -2.32. The summed E-state index contributed by atoms with van der Waals surface area (Å²) in [7, 11) is -5.70. The monoisotopic (exact) mass is 535 g/mol. The second kappa shape index (κ2) is 11.0. The van der Waals surface area contributed by atoms with E-state index in [1.807, 2.05) is 42.0 Å². The van der Waals surface area contributed by atoms with Crippen molar-refractivity contribution in [3.8, 4) is 5.75 Å². The number of hydrogen-bond donors (Lipinski definition) is 1. The van der Waals surface area contributed by atoms with Crippen LogP contribution in [0.4, 0.5) is 13.2 Å². The van der Waals surface area contributed by atoms with Crippen LogP contribution in [0.1, 0.15) is 29.5 Å². The van der Waals surface area contributed by atoms with E-state index in [0.717, 1.165) is 53.5 Å². The molecule has 0 aliphatic carbocycles. The van der Waals surface area contributed by atoms with Gasteiger partial charge in [-0.2, -0.15) is 21.6 Å². The van der Waals surface area contributed by atoms with Gasteiger partial charge in [-0.05, 0) is 67.6 Å². The fourth-order valence-corrected chi connectivity index (χ4v) is 4.84. The Morgan fingerprint density at radius 1 is 1.14 bits per heavy atom. The molecule has 2 heterocycles. The lowest BCUT2D eigenvalue weighted by atomic mass is 9.99. The number of nitrogens with zero attached hydrogens (tertiary/aromatic N) is 2. The molecule has 2 aromatic carbocycles. The molecule has 1 aliphatic heterocycles. The van der Waals surface area contributed by atoms with Crippen LogP contribution < -0.4 is 9.50 Å². The molecule has 0 saturated carbocycles. The largest absolute Gasteiger partial charge is 0.534 e. The predicted molar refractivity (Wildman–Crippen MR) is 135 cm³/mol. The first-order chi connectivity index (χ1) is 17.5. The molecule has 0 saturated heterocycles. The van der Waals surface area contributed by atoms with Gasteiger partial charge < -0.3 is 14.1 Å². The van der Waals surface area contributed by atoms with Gasteiger partial charge in [0.25, 0.3) is 0 Å². The van der Waals surface area contributed by atoms with Crippen LogP contribution in [0.25, 0.3) is 17.1 Å². The lowest BCUT2D eigenvalue weighted by molar-refractivity contribution is -0.116. The van der Waals surface area contributed by atoms with Crippen molar-refractivity contribution in [3.05, 3.63) is 71.4 Å². The summed E-state index contributed by atoms with van der Waals surface area (Å²) in [5, 5.41) is 4.02. The van der Waals surface area contributed by atoms with E-state index in [9.17, 15) is 26.4 Å². The van der Waals surface area contributed by atoms with Crippen LogP contribution in [0.2, 0.25) is 0 Å². The molecular weight excluding hydrogens is 507 g/mol. The minimum atomic E-state index is -5.70. The number of nitrogens with one attached hydrogen (secondary N) is 1. The highest BCUT2D eigenvalue weighted by atomic mass is 32.2. The average molecular weight is 536 g/mol. The quantitative estimate of drug-likeness (QED) is 0.188. The highest BCUT2D eigenvalue weighted by molar-refractivity contribution is 7.88. The third-order valence-corrected chi connectivity index (χ3v) is 7.26. The summed E-state index contributed by atoms with van der Waals surface area (Å²) in [6.45, 7) is 4.56. The summed E-state index contributed by atoms with van der Waals surface area (Å²) < 4.78 is 66.5. The number of carbonyl (C=O) groups is 1. The number of amides is 1. The second-order valence-corrected chi connectivity index (χ2v) is 10.5. The molecule has 1 aromatic heterocycles. The first-order valence-electron chi connectivity index (χ1n) is 11.9. The maximum atomic E-state index is 12.6. The number of aromatic nitrogens is 1. The molecule has 198 valence electrons. The fourth-order valence-electron chi connectivity index (χ4n) is 4.39. The molecule has 1 amide bonds. The molecule has 0 radical (unpaired) electrons. The number of carbonyl (C=O) groups excluding carboxylic acids is 1. The van der Waals surface area contributed by atoms with Crippen molar-refractivity contribution in [2.75, 3.05) is 19.6 Å². The van der Waals surface area contributed by atoms with Gasteiger partial charge in [0.2, 0.25) is 5.91 Å². The van der Waals surface area contributed by atoms with E-state index in [0.29, 0.717) is 19.5 Å². The SMILES string of the molecule is Cc1cn(/C=C/C(=O)NCCCCN2CCc3ccc(OS(=O)(=O)C(F)(F)F)cc3C2)c2ccccc12. The maximum absolute atomic E-state index is 12.6. The van der Waals surface area contributed by atoms with E-state index in [-0.39, 0.29) is 11.7 Å². The average Bonchev–Trinajstić information content (AvgIpc) is 3.17. The third-order valence-electron chi connectivity index (χ3n) is 6.29. The summed E-state index contributed by atoms with van der Waals surface area (Å²) in [5.74, 6) is -0.527. The second-order valence-electron chi connectivity index (χ2n) is 8.99. The number of benzene rings is 2. The van der Waals surface area contributed by atoms with Crippen LogP contribution in [-0.4, -0.2) is 48.9 Å². The Labute approximate surface area is 213 Å². The van der Waals surface area contributed by atoms with E-state index in [2.05, 4.69) is 14.4 Å². The number of rotatable bonds is 9. The molecule has 7 nitrogen and oxygen atoms in total. The highest BCUT2D eigenvalue weighted by Crippen LogP contribution is 2.30. The van der Waals surface area contributed by atoms with E-state index < -0.39 is 15.6 Å². The van der Waals surface area contributed by atoms with Gasteiger partial charge in [-0.15, -0.1) is 0 Å². The van der Waals surface area contributed by atoms with Crippen LogP contribution in [0.3, 0.4) is 0 Å². The van der Waals surface area contributed by atoms with Crippen LogP contribution >= 0.6 is 0 Å². The van der Waals surface area contributed by atoms with E-state index >= 15 is 0 Å². The molecule has 1 aliphatic rings. The Kier molecular flexibility index (Phi) is 7.93. The normalized spacial score (nSPS) is 14.7. The van der Waals surface area contributed by atoms with Crippen molar-refractivity contribution < 1.29 is 30.6 Å². The number of halogens is 3. The minimum absolute atomic E-state index is 0.177. The van der Waals surface area contributed by atoms with Gasteiger partial charge in [0.05, 0.1) is 5.52 Å². The Morgan fingerprint density at radius 2 is 1.92 bits per heavy atom. The van der Waals surface area contributed by atoms with Crippen LogP contribution in [0.15, 0.2) is 54.7 Å². The van der Waals surface area contributed by atoms with E-state index in [4.69, 9.17) is 0 Å². The summed E-state index contributed by atoms with van der Waals surface area (Å²) in [4.78, 5) is 14.4. The standard InChI is InChI=1S/C26H28F3N3O4S/c1-19-17-32(24-7-3-2-6-23(19)24)15-11-25(33)30-12-4-5-13-31-14-10-20-8-9-22(16-21(20)18-31)36-37(34,35)26(27,28)29/h2-3,6-9,11,15-17H,4-5,10,12-14,18H2,1H3,(H,30,33)/b15-11+. The summed E-state index contributed by atoms with van der Waals surface area (Å²) >= 11 is 0. The Hall–Kier alpha value is -3.31. The summed E-state index contributed by atoms with van der Waals surface area (Å²) in [6.07, 6.45) is 7.52. The van der Waals surface area contributed by atoms with Crippen LogP contribution in [0.5, 0.6) is 5.75 Å². The van der Waals surface area contributed by atoms with Crippen LogP contribution in [-0.2, 0) is 27.9 Å². The van der Waals surface area contributed by atoms with E-state index in [1.165, 1.54) is 18.2 Å².